The van der Waals surface area contributed by atoms with Crippen molar-refractivity contribution >= 4 is 27.5 Å². The summed E-state index contributed by atoms with van der Waals surface area (Å²) in [5.41, 5.74) is 8.87. The molecule has 2 rings (SSSR count). The first-order valence-corrected chi connectivity index (χ1v) is 7.30. The molecular formula is C16H17BrN2O2. The van der Waals surface area contributed by atoms with Crippen molar-refractivity contribution in [1.82, 2.24) is 5.32 Å². The van der Waals surface area contributed by atoms with Crippen molar-refractivity contribution in [2.24, 2.45) is 0 Å². The van der Waals surface area contributed by atoms with E-state index in [0.717, 1.165) is 15.6 Å². The minimum atomic E-state index is -0.188. The van der Waals surface area contributed by atoms with Crippen molar-refractivity contribution in [1.29, 1.82) is 0 Å². The number of nitrogens with two attached hydrogens (primary N) is 1. The van der Waals surface area contributed by atoms with Gasteiger partial charge in [0, 0.05) is 23.8 Å². The van der Waals surface area contributed by atoms with E-state index in [-0.39, 0.29) is 5.91 Å². The Morgan fingerprint density at radius 2 is 1.95 bits per heavy atom. The molecule has 0 atom stereocenters. The van der Waals surface area contributed by atoms with Gasteiger partial charge in [0.1, 0.15) is 0 Å². The number of ether oxygens (including phenoxy) is 1. The first kappa shape index (κ1) is 15.5. The van der Waals surface area contributed by atoms with Gasteiger partial charge in [0.2, 0.25) is 0 Å². The van der Waals surface area contributed by atoms with Gasteiger partial charge in [-0.1, -0.05) is 40.2 Å². The van der Waals surface area contributed by atoms with E-state index in [0.29, 0.717) is 24.4 Å². The summed E-state index contributed by atoms with van der Waals surface area (Å²) < 4.78 is 6.00. The van der Waals surface area contributed by atoms with Gasteiger partial charge < -0.3 is 15.8 Å². The second-order valence-electron chi connectivity index (χ2n) is 4.62. The van der Waals surface area contributed by atoms with Crippen LogP contribution in [-0.2, 0) is 17.9 Å². The Morgan fingerprint density at radius 3 is 2.62 bits per heavy atom. The number of nitrogens with one attached hydrogen (secondary N) is 1. The lowest BCUT2D eigenvalue weighted by molar-refractivity contribution is 0.0951. The third kappa shape index (κ3) is 4.06. The van der Waals surface area contributed by atoms with Gasteiger partial charge >= 0.3 is 0 Å². The van der Waals surface area contributed by atoms with Gasteiger partial charge in [-0.3, -0.25) is 4.79 Å². The molecule has 0 unspecified atom stereocenters. The maximum Gasteiger partial charge on any atom is 0.253 e. The molecule has 0 aliphatic carbocycles. The predicted octanol–water partition coefficient (Wildman–Crippen LogP) is 3.11. The highest BCUT2D eigenvalue weighted by molar-refractivity contribution is 9.10. The molecule has 0 bridgehead atoms. The third-order valence-electron chi connectivity index (χ3n) is 3.12. The number of benzene rings is 2. The summed E-state index contributed by atoms with van der Waals surface area (Å²) in [5, 5.41) is 2.88. The zero-order valence-electron chi connectivity index (χ0n) is 11.7. The number of halogens is 1. The number of amides is 1. The lowest BCUT2D eigenvalue weighted by atomic mass is 10.1. The van der Waals surface area contributed by atoms with E-state index in [2.05, 4.69) is 21.2 Å². The van der Waals surface area contributed by atoms with E-state index in [1.165, 1.54) is 0 Å². The number of hydrogen-bond donors (Lipinski definition) is 2. The molecule has 0 aliphatic rings. The predicted molar refractivity (Wildman–Crippen MR) is 86.9 cm³/mol. The number of rotatable bonds is 5. The number of carbonyl (C=O) groups is 1. The van der Waals surface area contributed by atoms with E-state index in [1.807, 2.05) is 24.3 Å². The quantitative estimate of drug-likeness (QED) is 0.816. The molecule has 2 aromatic carbocycles. The van der Waals surface area contributed by atoms with Crippen LogP contribution in [0.15, 0.2) is 46.9 Å². The molecule has 21 heavy (non-hydrogen) atoms. The minimum absolute atomic E-state index is 0.188. The Bertz CT molecular complexity index is 644. The van der Waals surface area contributed by atoms with Crippen LogP contribution in [0.25, 0.3) is 0 Å². The van der Waals surface area contributed by atoms with Crippen LogP contribution in [0.3, 0.4) is 0 Å². The van der Waals surface area contributed by atoms with Crippen LogP contribution in [0.4, 0.5) is 5.69 Å². The fourth-order valence-electron chi connectivity index (χ4n) is 2.04. The Hall–Kier alpha value is -1.85. The van der Waals surface area contributed by atoms with Gasteiger partial charge in [0.25, 0.3) is 5.91 Å². The van der Waals surface area contributed by atoms with Crippen LogP contribution in [0.5, 0.6) is 0 Å². The fraction of sp³-hybridized carbons (Fsp3) is 0.188. The highest BCUT2D eigenvalue weighted by atomic mass is 79.9. The molecule has 4 nitrogen and oxygen atoms in total. The minimum Gasteiger partial charge on any atom is -0.398 e. The molecule has 0 radical (unpaired) electrons. The summed E-state index contributed by atoms with van der Waals surface area (Å²) in [6, 6.07) is 13.1. The van der Waals surface area contributed by atoms with Gasteiger partial charge in [-0.2, -0.15) is 0 Å². The molecule has 110 valence electrons. The molecule has 0 spiro atoms. The Kier molecular flexibility index (Phi) is 5.36. The average molecular weight is 349 g/mol. The SMILES string of the molecule is COCc1ccccc1CNC(=O)c1ccc(Br)cc1N. The summed E-state index contributed by atoms with van der Waals surface area (Å²) in [6.07, 6.45) is 0. The fourth-order valence-corrected chi connectivity index (χ4v) is 2.42. The molecular weight excluding hydrogens is 332 g/mol. The van der Waals surface area contributed by atoms with E-state index in [1.54, 1.807) is 25.3 Å². The normalized spacial score (nSPS) is 10.4. The van der Waals surface area contributed by atoms with Crippen LogP contribution in [0.1, 0.15) is 21.5 Å². The van der Waals surface area contributed by atoms with E-state index in [4.69, 9.17) is 10.5 Å². The Labute approximate surface area is 132 Å². The van der Waals surface area contributed by atoms with Gasteiger partial charge in [0.15, 0.2) is 0 Å². The number of carbonyl (C=O) groups excluding carboxylic acids is 1. The van der Waals surface area contributed by atoms with Crippen molar-refractivity contribution in [3.05, 3.63) is 63.6 Å². The number of nitrogen functional groups attached to an aromatic ring is 1. The molecule has 3 N–H and O–H groups in total. The van der Waals surface area contributed by atoms with Gasteiger partial charge in [-0.25, -0.2) is 0 Å². The van der Waals surface area contributed by atoms with Crippen molar-refractivity contribution < 1.29 is 9.53 Å². The van der Waals surface area contributed by atoms with Crippen molar-refractivity contribution in [2.75, 3.05) is 12.8 Å². The topological polar surface area (TPSA) is 64.3 Å². The van der Waals surface area contributed by atoms with E-state index >= 15 is 0 Å². The molecule has 0 fully saturated rings. The van der Waals surface area contributed by atoms with Crippen LogP contribution in [0.2, 0.25) is 0 Å². The maximum absolute atomic E-state index is 12.2. The molecule has 5 heteroatoms. The summed E-state index contributed by atoms with van der Waals surface area (Å²) >= 11 is 3.32. The van der Waals surface area contributed by atoms with Crippen LogP contribution in [-0.4, -0.2) is 13.0 Å². The summed E-state index contributed by atoms with van der Waals surface area (Å²) in [5.74, 6) is -0.188. The molecule has 2 aromatic rings. The number of hydrogen-bond acceptors (Lipinski definition) is 3. The first-order valence-electron chi connectivity index (χ1n) is 6.50. The first-order chi connectivity index (χ1) is 10.1. The highest BCUT2D eigenvalue weighted by Gasteiger charge is 2.10. The van der Waals surface area contributed by atoms with Gasteiger partial charge in [-0.15, -0.1) is 0 Å². The third-order valence-corrected chi connectivity index (χ3v) is 3.61. The van der Waals surface area contributed by atoms with Crippen LogP contribution < -0.4 is 11.1 Å². The van der Waals surface area contributed by atoms with Crippen molar-refractivity contribution in [2.45, 2.75) is 13.2 Å². The largest absolute Gasteiger partial charge is 0.398 e. The Balaban J connectivity index is 2.07. The zero-order valence-corrected chi connectivity index (χ0v) is 13.3. The molecule has 1 amide bonds. The van der Waals surface area contributed by atoms with E-state index < -0.39 is 0 Å². The zero-order chi connectivity index (χ0) is 15.2. The molecule has 0 saturated carbocycles. The lowest BCUT2D eigenvalue weighted by Crippen LogP contribution is -2.24. The van der Waals surface area contributed by atoms with E-state index in [9.17, 15) is 4.79 Å². The average Bonchev–Trinajstić information content (AvgIpc) is 2.46. The molecule has 0 aliphatic heterocycles. The Morgan fingerprint density at radius 1 is 1.24 bits per heavy atom. The summed E-state index contributed by atoms with van der Waals surface area (Å²) in [4.78, 5) is 12.2. The lowest BCUT2D eigenvalue weighted by Gasteiger charge is -2.11. The van der Waals surface area contributed by atoms with Crippen molar-refractivity contribution in [3.63, 3.8) is 0 Å². The van der Waals surface area contributed by atoms with Crippen molar-refractivity contribution in [3.8, 4) is 0 Å². The van der Waals surface area contributed by atoms with Crippen LogP contribution >= 0.6 is 15.9 Å². The molecule has 0 aromatic heterocycles. The number of anilines is 1. The maximum atomic E-state index is 12.2. The summed E-state index contributed by atoms with van der Waals surface area (Å²) in [7, 11) is 1.65. The molecule has 0 saturated heterocycles. The van der Waals surface area contributed by atoms with Crippen LogP contribution in [0, 0.1) is 0 Å². The van der Waals surface area contributed by atoms with Gasteiger partial charge in [0.05, 0.1) is 12.2 Å². The second-order valence-corrected chi connectivity index (χ2v) is 5.53. The monoisotopic (exact) mass is 348 g/mol. The second kappa shape index (κ2) is 7.24. The highest BCUT2D eigenvalue weighted by Crippen LogP contribution is 2.18. The standard InChI is InChI=1S/C16H17BrN2O2/c1-21-10-12-5-3-2-4-11(12)9-19-16(20)14-7-6-13(17)8-15(14)18/h2-8H,9-10,18H2,1H3,(H,19,20). The smallest absolute Gasteiger partial charge is 0.253 e. The molecule has 0 heterocycles. The van der Waals surface area contributed by atoms with Gasteiger partial charge in [-0.05, 0) is 29.3 Å². The number of methoxy groups -OCH3 is 1. The summed E-state index contributed by atoms with van der Waals surface area (Å²) in [6.45, 7) is 0.959.